The van der Waals surface area contributed by atoms with Gasteiger partial charge in [0, 0.05) is 11.3 Å². The first-order valence-corrected chi connectivity index (χ1v) is 6.41. The quantitative estimate of drug-likeness (QED) is 0.740. The van der Waals surface area contributed by atoms with E-state index in [9.17, 15) is 4.79 Å². The van der Waals surface area contributed by atoms with E-state index < -0.39 is 0 Å². The summed E-state index contributed by atoms with van der Waals surface area (Å²) in [6.45, 7) is 4.91. The van der Waals surface area contributed by atoms with Gasteiger partial charge in [0.05, 0.1) is 6.54 Å². The van der Waals surface area contributed by atoms with Gasteiger partial charge in [0.25, 0.3) is 0 Å². The fraction of sp³-hybridized carbons (Fsp3) is 0.583. The Labute approximate surface area is 95.7 Å². The number of carbonyl (C=O) groups excluding carboxylic acids is 1. The van der Waals surface area contributed by atoms with Crippen LogP contribution in [0.15, 0.2) is 11.4 Å². The number of carbonyl (C=O) groups is 1. The molecule has 1 N–H and O–H groups in total. The van der Waals surface area contributed by atoms with Crippen molar-refractivity contribution in [2.45, 2.75) is 46.1 Å². The highest BCUT2D eigenvalue weighted by atomic mass is 32.1. The van der Waals surface area contributed by atoms with Crippen molar-refractivity contribution >= 4 is 17.2 Å². The molecular weight excluding hydrogens is 206 g/mol. The molecule has 15 heavy (non-hydrogen) atoms. The molecule has 0 spiro atoms. The molecule has 1 aromatic heterocycles. The second-order valence-electron chi connectivity index (χ2n) is 3.76. The van der Waals surface area contributed by atoms with E-state index in [1.165, 1.54) is 10.4 Å². The average molecular weight is 225 g/mol. The zero-order valence-electron chi connectivity index (χ0n) is 9.51. The van der Waals surface area contributed by atoms with E-state index in [0.717, 1.165) is 19.3 Å². The third-order valence-electron chi connectivity index (χ3n) is 2.42. The maximum absolute atomic E-state index is 11.4. The number of thiophene rings is 1. The second kappa shape index (κ2) is 6.62. The SMILES string of the molecule is CCCCCC(=O)NCc1sccc1C. The van der Waals surface area contributed by atoms with Crippen LogP contribution in [0.5, 0.6) is 0 Å². The number of unbranched alkanes of at least 4 members (excludes halogenated alkanes) is 2. The average Bonchev–Trinajstić information content (AvgIpc) is 2.61. The standard InChI is InChI=1S/C12H19NOS/c1-3-4-5-6-12(14)13-9-11-10(2)7-8-15-11/h7-8H,3-6,9H2,1-2H3,(H,13,14). The summed E-state index contributed by atoms with van der Waals surface area (Å²) in [5.74, 6) is 0.177. The summed E-state index contributed by atoms with van der Waals surface area (Å²) < 4.78 is 0. The molecule has 0 aliphatic carbocycles. The smallest absolute Gasteiger partial charge is 0.220 e. The third kappa shape index (κ3) is 4.47. The van der Waals surface area contributed by atoms with Crippen LogP contribution in [0.25, 0.3) is 0 Å². The monoisotopic (exact) mass is 225 g/mol. The Hall–Kier alpha value is -0.830. The van der Waals surface area contributed by atoms with Crippen LogP contribution in [0.3, 0.4) is 0 Å². The molecule has 1 aromatic rings. The predicted octanol–water partition coefficient (Wildman–Crippen LogP) is 3.25. The molecule has 0 atom stereocenters. The van der Waals surface area contributed by atoms with Crippen LogP contribution in [-0.2, 0) is 11.3 Å². The Balaban J connectivity index is 2.20. The Bertz CT molecular complexity index is 306. The summed E-state index contributed by atoms with van der Waals surface area (Å²) >= 11 is 1.71. The molecule has 1 rings (SSSR count). The largest absolute Gasteiger partial charge is 0.351 e. The Morgan fingerprint density at radius 3 is 2.87 bits per heavy atom. The van der Waals surface area contributed by atoms with Crippen molar-refractivity contribution in [3.63, 3.8) is 0 Å². The second-order valence-corrected chi connectivity index (χ2v) is 4.76. The van der Waals surface area contributed by atoms with E-state index in [1.54, 1.807) is 11.3 Å². The van der Waals surface area contributed by atoms with E-state index in [0.29, 0.717) is 13.0 Å². The van der Waals surface area contributed by atoms with Crippen molar-refractivity contribution in [3.05, 3.63) is 21.9 Å². The van der Waals surface area contributed by atoms with Crippen LogP contribution in [0.1, 0.15) is 43.0 Å². The van der Waals surface area contributed by atoms with Gasteiger partial charge in [-0.15, -0.1) is 11.3 Å². The fourth-order valence-corrected chi connectivity index (χ4v) is 2.23. The van der Waals surface area contributed by atoms with Gasteiger partial charge < -0.3 is 5.32 Å². The maximum Gasteiger partial charge on any atom is 0.220 e. The highest BCUT2D eigenvalue weighted by Crippen LogP contribution is 2.14. The van der Waals surface area contributed by atoms with Crippen molar-refractivity contribution in [1.82, 2.24) is 5.32 Å². The molecule has 0 saturated heterocycles. The van der Waals surface area contributed by atoms with Crippen molar-refractivity contribution in [2.75, 3.05) is 0 Å². The van der Waals surface area contributed by atoms with Gasteiger partial charge in [0.15, 0.2) is 0 Å². The van der Waals surface area contributed by atoms with Crippen molar-refractivity contribution < 1.29 is 4.79 Å². The highest BCUT2D eigenvalue weighted by Gasteiger charge is 2.03. The number of rotatable bonds is 6. The third-order valence-corrected chi connectivity index (χ3v) is 3.44. The summed E-state index contributed by atoms with van der Waals surface area (Å²) in [5, 5.41) is 5.02. The summed E-state index contributed by atoms with van der Waals surface area (Å²) in [6.07, 6.45) is 3.98. The molecule has 0 fully saturated rings. The summed E-state index contributed by atoms with van der Waals surface area (Å²) in [5.41, 5.74) is 1.27. The maximum atomic E-state index is 11.4. The lowest BCUT2D eigenvalue weighted by Gasteiger charge is -2.04. The number of aryl methyl sites for hydroxylation is 1. The lowest BCUT2D eigenvalue weighted by Crippen LogP contribution is -2.22. The van der Waals surface area contributed by atoms with Gasteiger partial charge in [0.2, 0.25) is 5.91 Å². The molecule has 84 valence electrons. The lowest BCUT2D eigenvalue weighted by atomic mass is 10.2. The van der Waals surface area contributed by atoms with Crippen LogP contribution < -0.4 is 5.32 Å². The van der Waals surface area contributed by atoms with Crippen LogP contribution in [0, 0.1) is 6.92 Å². The molecule has 0 bridgehead atoms. The number of hydrogen-bond donors (Lipinski definition) is 1. The molecule has 0 aliphatic heterocycles. The Morgan fingerprint density at radius 2 is 2.27 bits per heavy atom. The van der Waals surface area contributed by atoms with E-state index in [-0.39, 0.29) is 5.91 Å². The van der Waals surface area contributed by atoms with Gasteiger partial charge in [-0.1, -0.05) is 19.8 Å². The molecule has 0 unspecified atom stereocenters. The summed E-state index contributed by atoms with van der Waals surface area (Å²) in [7, 11) is 0. The zero-order chi connectivity index (χ0) is 11.1. The minimum atomic E-state index is 0.177. The van der Waals surface area contributed by atoms with E-state index in [2.05, 4.69) is 30.6 Å². The topological polar surface area (TPSA) is 29.1 Å². The van der Waals surface area contributed by atoms with Crippen molar-refractivity contribution in [3.8, 4) is 0 Å². The fourth-order valence-electron chi connectivity index (χ4n) is 1.39. The molecular formula is C12H19NOS. The number of amides is 1. The van der Waals surface area contributed by atoms with Gasteiger partial charge in [-0.3, -0.25) is 4.79 Å². The first kappa shape index (κ1) is 12.2. The van der Waals surface area contributed by atoms with Gasteiger partial charge in [-0.2, -0.15) is 0 Å². The molecule has 1 amide bonds. The van der Waals surface area contributed by atoms with Gasteiger partial charge in [-0.25, -0.2) is 0 Å². The van der Waals surface area contributed by atoms with Crippen LogP contribution in [0.2, 0.25) is 0 Å². The van der Waals surface area contributed by atoms with Crippen molar-refractivity contribution in [1.29, 1.82) is 0 Å². The molecule has 0 radical (unpaired) electrons. The zero-order valence-corrected chi connectivity index (χ0v) is 10.3. The minimum absolute atomic E-state index is 0.177. The van der Waals surface area contributed by atoms with Crippen LogP contribution in [-0.4, -0.2) is 5.91 Å². The molecule has 0 aliphatic rings. The number of nitrogens with one attached hydrogen (secondary N) is 1. The molecule has 2 nitrogen and oxygen atoms in total. The summed E-state index contributed by atoms with van der Waals surface area (Å²) in [4.78, 5) is 12.7. The first-order chi connectivity index (χ1) is 7.24. The van der Waals surface area contributed by atoms with E-state index in [1.807, 2.05) is 0 Å². The predicted molar refractivity (Wildman–Crippen MR) is 65.0 cm³/mol. The lowest BCUT2D eigenvalue weighted by molar-refractivity contribution is -0.121. The normalized spacial score (nSPS) is 10.3. The van der Waals surface area contributed by atoms with Gasteiger partial charge >= 0.3 is 0 Å². The molecule has 1 heterocycles. The molecule has 3 heteroatoms. The number of hydrogen-bond acceptors (Lipinski definition) is 2. The summed E-state index contributed by atoms with van der Waals surface area (Å²) in [6, 6.07) is 2.09. The van der Waals surface area contributed by atoms with E-state index in [4.69, 9.17) is 0 Å². The first-order valence-electron chi connectivity index (χ1n) is 5.53. The highest BCUT2D eigenvalue weighted by molar-refractivity contribution is 7.10. The van der Waals surface area contributed by atoms with E-state index >= 15 is 0 Å². The molecule has 0 saturated carbocycles. The van der Waals surface area contributed by atoms with Gasteiger partial charge in [-0.05, 0) is 30.4 Å². The Morgan fingerprint density at radius 1 is 1.47 bits per heavy atom. The minimum Gasteiger partial charge on any atom is -0.351 e. The van der Waals surface area contributed by atoms with Crippen LogP contribution in [0.4, 0.5) is 0 Å². The Kier molecular flexibility index (Phi) is 5.40. The van der Waals surface area contributed by atoms with Crippen molar-refractivity contribution in [2.24, 2.45) is 0 Å². The van der Waals surface area contributed by atoms with Crippen LogP contribution >= 0.6 is 11.3 Å². The molecule has 0 aromatic carbocycles. The van der Waals surface area contributed by atoms with Gasteiger partial charge in [0.1, 0.15) is 0 Å².